The van der Waals surface area contributed by atoms with Gasteiger partial charge in [-0.1, -0.05) is 30.1 Å². The molecule has 1 N–H and O–H groups in total. The van der Waals surface area contributed by atoms with Gasteiger partial charge in [0.05, 0.1) is 17.8 Å². The predicted molar refractivity (Wildman–Crippen MR) is 111 cm³/mol. The lowest BCUT2D eigenvalue weighted by atomic mass is 10.3. The fraction of sp³-hybridized carbons (Fsp3) is 0.158. The van der Waals surface area contributed by atoms with Gasteiger partial charge in [0.25, 0.3) is 15.9 Å². The minimum atomic E-state index is -4.30. The number of methoxy groups -OCH3 is 1. The summed E-state index contributed by atoms with van der Waals surface area (Å²) in [5, 5.41) is 0.0901. The summed E-state index contributed by atoms with van der Waals surface area (Å²) in [6, 6.07) is 7.90. The van der Waals surface area contributed by atoms with Gasteiger partial charge in [0, 0.05) is 23.7 Å². The summed E-state index contributed by atoms with van der Waals surface area (Å²) in [6.07, 6.45) is 1.71. The summed E-state index contributed by atoms with van der Waals surface area (Å²) in [7, 11) is -2.93. The van der Waals surface area contributed by atoms with Crippen molar-refractivity contribution in [2.45, 2.75) is 18.2 Å². The topological polar surface area (TPSA) is 90.3 Å². The predicted octanol–water partition coefficient (Wildman–Crippen LogP) is 4.01. The van der Waals surface area contributed by atoms with Gasteiger partial charge in [-0.05, 0) is 30.3 Å². The van der Waals surface area contributed by atoms with Crippen molar-refractivity contribution < 1.29 is 22.3 Å². The number of imidazole rings is 1. The number of carbonyl (C=O) groups is 1. The Hall–Kier alpha value is -2.62. The Morgan fingerprint density at radius 2 is 1.97 bits per heavy atom. The summed E-state index contributed by atoms with van der Waals surface area (Å²) in [5.41, 5.74) is 0.178. The molecule has 3 rings (SSSR count). The van der Waals surface area contributed by atoms with E-state index in [-0.39, 0.29) is 26.4 Å². The van der Waals surface area contributed by atoms with Crippen LogP contribution in [0.2, 0.25) is 10.0 Å². The summed E-state index contributed by atoms with van der Waals surface area (Å²) in [6.45, 7) is 1.79. The molecule has 11 heteroatoms. The van der Waals surface area contributed by atoms with Crippen molar-refractivity contribution in [3.63, 3.8) is 0 Å². The number of halogens is 3. The number of aromatic nitrogens is 2. The van der Waals surface area contributed by atoms with Gasteiger partial charge in [-0.2, -0.15) is 0 Å². The quantitative estimate of drug-likeness (QED) is 0.586. The average molecular weight is 472 g/mol. The average Bonchev–Trinajstić information content (AvgIpc) is 3.12. The zero-order valence-electron chi connectivity index (χ0n) is 15.8. The highest BCUT2D eigenvalue weighted by Gasteiger charge is 2.24. The maximum absolute atomic E-state index is 13.7. The Morgan fingerprint density at radius 1 is 1.23 bits per heavy atom. The Kier molecular flexibility index (Phi) is 6.35. The first-order chi connectivity index (χ1) is 14.1. The van der Waals surface area contributed by atoms with E-state index < -0.39 is 21.7 Å². The zero-order chi connectivity index (χ0) is 22.1. The molecule has 0 saturated carbocycles. The second-order valence-electron chi connectivity index (χ2n) is 6.12. The number of benzene rings is 2. The maximum atomic E-state index is 13.7. The van der Waals surface area contributed by atoms with E-state index in [4.69, 9.17) is 27.9 Å². The molecule has 1 aromatic heterocycles. The number of amides is 1. The van der Waals surface area contributed by atoms with E-state index in [1.54, 1.807) is 6.92 Å². The highest BCUT2D eigenvalue weighted by atomic mass is 35.5. The van der Waals surface area contributed by atoms with Crippen LogP contribution in [-0.4, -0.2) is 31.0 Å². The van der Waals surface area contributed by atoms with E-state index in [1.807, 2.05) is 4.72 Å². The lowest BCUT2D eigenvalue weighted by Crippen LogP contribution is -2.31. The fourth-order valence-electron chi connectivity index (χ4n) is 2.73. The van der Waals surface area contributed by atoms with Crippen LogP contribution in [0.15, 0.2) is 47.5 Å². The van der Waals surface area contributed by atoms with E-state index in [2.05, 4.69) is 4.98 Å². The van der Waals surface area contributed by atoms with Crippen LogP contribution in [-0.2, 0) is 16.4 Å². The Bertz CT molecular complexity index is 1210. The van der Waals surface area contributed by atoms with Crippen molar-refractivity contribution in [1.82, 2.24) is 14.3 Å². The Morgan fingerprint density at radius 3 is 2.60 bits per heavy atom. The van der Waals surface area contributed by atoms with Crippen LogP contribution in [0.4, 0.5) is 4.39 Å². The molecule has 0 unspecified atom stereocenters. The molecule has 0 saturated heterocycles. The Balaban J connectivity index is 1.95. The van der Waals surface area contributed by atoms with Gasteiger partial charge in [-0.3, -0.25) is 4.79 Å². The molecule has 7 nitrogen and oxygen atoms in total. The van der Waals surface area contributed by atoms with Gasteiger partial charge in [-0.25, -0.2) is 22.5 Å². The first kappa shape index (κ1) is 22.1. The lowest BCUT2D eigenvalue weighted by Gasteiger charge is -2.09. The standard InChI is InChI=1S/C19H16Cl2FN3O4S/c1-3-18-23-16(10-25(18)13-7-11(20)6-12(22)8-13)19(26)24-30(27,28)17-9-14(29-2)4-5-15(17)21/h4-10H,3H2,1-2H3,(H,24,26). The molecule has 158 valence electrons. The van der Waals surface area contributed by atoms with Gasteiger partial charge in [0.15, 0.2) is 0 Å². The molecule has 0 aliphatic carbocycles. The second-order valence-corrected chi connectivity index (χ2v) is 8.62. The van der Waals surface area contributed by atoms with Crippen LogP contribution in [0.3, 0.4) is 0 Å². The minimum absolute atomic E-state index is 0.0784. The number of aryl methyl sites for hydroxylation is 1. The van der Waals surface area contributed by atoms with Crippen LogP contribution < -0.4 is 9.46 Å². The first-order valence-electron chi connectivity index (χ1n) is 8.60. The summed E-state index contributed by atoms with van der Waals surface area (Å²) in [4.78, 5) is 16.5. The second kappa shape index (κ2) is 8.63. The van der Waals surface area contributed by atoms with E-state index in [1.165, 1.54) is 48.2 Å². The minimum Gasteiger partial charge on any atom is -0.497 e. The van der Waals surface area contributed by atoms with E-state index >= 15 is 0 Å². The molecule has 3 aromatic rings. The van der Waals surface area contributed by atoms with Gasteiger partial charge < -0.3 is 9.30 Å². The van der Waals surface area contributed by atoms with Crippen molar-refractivity contribution in [1.29, 1.82) is 0 Å². The number of sulfonamides is 1. The molecule has 2 aromatic carbocycles. The van der Waals surface area contributed by atoms with Gasteiger partial charge in [-0.15, -0.1) is 0 Å². The maximum Gasteiger partial charge on any atom is 0.285 e. The number of nitrogens with zero attached hydrogens (tertiary/aromatic N) is 2. The van der Waals surface area contributed by atoms with Crippen molar-refractivity contribution in [2.75, 3.05) is 7.11 Å². The molecular weight excluding hydrogens is 456 g/mol. The van der Waals surface area contributed by atoms with E-state index in [0.717, 1.165) is 6.07 Å². The third-order valence-electron chi connectivity index (χ3n) is 4.11. The Labute approximate surface area is 182 Å². The van der Waals surface area contributed by atoms with Gasteiger partial charge in [0.1, 0.15) is 28.0 Å². The van der Waals surface area contributed by atoms with E-state index in [9.17, 15) is 17.6 Å². The normalized spacial score (nSPS) is 11.4. The summed E-state index contributed by atoms with van der Waals surface area (Å²) >= 11 is 11.9. The fourth-order valence-corrected chi connectivity index (χ4v) is 4.42. The van der Waals surface area contributed by atoms with Gasteiger partial charge >= 0.3 is 0 Å². The molecule has 0 spiro atoms. The molecule has 0 radical (unpaired) electrons. The lowest BCUT2D eigenvalue weighted by molar-refractivity contribution is 0.0977. The number of rotatable bonds is 6. The van der Waals surface area contributed by atoms with Crippen LogP contribution in [0, 0.1) is 5.82 Å². The monoisotopic (exact) mass is 471 g/mol. The number of hydrogen-bond donors (Lipinski definition) is 1. The highest BCUT2D eigenvalue weighted by Crippen LogP contribution is 2.26. The largest absolute Gasteiger partial charge is 0.497 e. The van der Waals surface area contributed by atoms with Crippen LogP contribution in [0.1, 0.15) is 23.2 Å². The third-order valence-corrected chi connectivity index (χ3v) is 6.14. The molecule has 0 atom stereocenters. The molecule has 0 fully saturated rings. The molecule has 0 aliphatic rings. The first-order valence-corrected chi connectivity index (χ1v) is 10.8. The number of hydrogen-bond acceptors (Lipinski definition) is 5. The van der Waals surface area contributed by atoms with Crippen molar-refractivity contribution >= 4 is 39.1 Å². The number of ether oxygens (including phenoxy) is 1. The van der Waals surface area contributed by atoms with Crippen molar-refractivity contribution in [3.8, 4) is 11.4 Å². The van der Waals surface area contributed by atoms with Crippen LogP contribution in [0.25, 0.3) is 5.69 Å². The molecule has 0 aliphatic heterocycles. The smallest absolute Gasteiger partial charge is 0.285 e. The zero-order valence-corrected chi connectivity index (χ0v) is 18.1. The summed E-state index contributed by atoms with van der Waals surface area (Å²) in [5.74, 6) is -0.856. The van der Waals surface area contributed by atoms with Gasteiger partial charge in [0.2, 0.25) is 0 Å². The molecule has 0 bridgehead atoms. The molecule has 30 heavy (non-hydrogen) atoms. The van der Waals surface area contributed by atoms with Crippen molar-refractivity contribution in [3.05, 3.63) is 70.0 Å². The van der Waals surface area contributed by atoms with E-state index in [0.29, 0.717) is 17.9 Å². The molecular formula is C19H16Cl2FN3O4S. The van der Waals surface area contributed by atoms with Crippen molar-refractivity contribution in [2.24, 2.45) is 0 Å². The summed E-state index contributed by atoms with van der Waals surface area (Å²) < 4.78 is 47.4. The SMILES string of the molecule is CCc1nc(C(=O)NS(=O)(=O)c2cc(OC)ccc2Cl)cn1-c1cc(F)cc(Cl)c1. The number of carbonyl (C=O) groups excluding carboxylic acids is 1. The molecule has 1 amide bonds. The third kappa shape index (κ3) is 4.58. The highest BCUT2D eigenvalue weighted by molar-refractivity contribution is 7.90. The number of nitrogens with one attached hydrogen (secondary N) is 1. The van der Waals surface area contributed by atoms with Crippen LogP contribution in [0.5, 0.6) is 5.75 Å². The van der Waals surface area contributed by atoms with Crippen LogP contribution >= 0.6 is 23.2 Å². The molecule has 1 heterocycles.